The number of carbonyl (C=O) groups excluding carboxylic acids is 4. The Morgan fingerprint density at radius 1 is 0.702 bits per heavy atom. The van der Waals surface area contributed by atoms with Crippen molar-refractivity contribution in [1.29, 1.82) is 0 Å². The van der Waals surface area contributed by atoms with Gasteiger partial charge in [-0.3, -0.25) is 4.79 Å². The smallest absolute Gasteiger partial charge is 0.461 e. The number of alkyl carbamates (subject to hydrolysis) is 1. The molecule has 240 valence electrons. The minimum atomic E-state index is -1.19. The number of rotatable bonds is 12. The van der Waals surface area contributed by atoms with E-state index in [1.807, 2.05) is 60.7 Å². The first-order valence-corrected chi connectivity index (χ1v) is 14.7. The molecule has 5 aromatic rings. The monoisotopic (exact) mass is 636 g/mol. The van der Waals surface area contributed by atoms with E-state index in [0.717, 1.165) is 11.1 Å². The van der Waals surface area contributed by atoms with E-state index in [0.29, 0.717) is 22.0 Å². The Kier molecular flexibility index (Phi) is 10.8. The summed E-state index contributed by atoms with van der Waals surface area (Å²) in [5, 5.41) is 3.26. The van der Waals surface area contributed by atoms with Crippen LogP contribution in [0.25, 0.3) is 10.9 Å². The largest absolute Gasteiger partial charge is 0.514 e. The fourth-order valence-electron chi connectivity index (χ4n) is 4.63. The van der Waals surface area contributed by atoms with E-state index in [-0.39, 0.29) is 37.7 Å². The summed E-state index contributed by atoms with van der Waals surface area (Å²) in [6, 6.07) is 28.7. The van der Waals surface area contributed by atoms with Crippen molar-refractivity contribution in [3.8, 4) is 11.5 Å². The number of aromatic nitrogens is 1. The number of carbonyl (C=O) groups is 4. The highest BCUT2D eigenvalue weighted by molar-refractivity contribution is 5.88. The van der Waals surface area contributed by atoms with E-state index in [4.69, 9.17) is 23.7 Å². The Hall–Kier alpha value is -6.10. The summed E-state index contributed by atoms with van der Waals surface area (Å²) in [5.41, 5.74) is 3.38. The summed E-state index contributed by atoms with van der Waals surface area (Å²) in [7, 11) is 0. The molecule has 1 heterocycles. The number of hydrogen-bond acceptors (Lipinski definition) is 9. The van der Waals surface area contributed by atoms with Crippen molar-refractivity contribution in [3.63, 3.8) is 0 Å². The molecule has 11 nitrogen and oxygen atoms in total. The molecule has 0 fully saturated rings. The molecule has 0 radical (unpaired) electrons. The van der Waals surface area contributed by atoms with Crippen molar-refractivity contribution in [2.75, 3.05) is 0 Å². The third kappa shape index (κ3) is 9.44. The first-order chi connectivity index (χ1) is 22.8. The average molecular weight is 637 g/mol. The van der Waals surface area contributed by atoms with Gasteiger partial charge >= 0.3 is 24.2 Å². The zero-order valence-electron chi connectivity index (χ0n) is 25.5. The highest BCUT2D eigenvalue weighted by Gasteiger charge is 2.26. The van der Waals surface area contributed by atoms with Crippen LogP contribution in [0.4, 0.5) is 9.59 Å². The van der Waals surface area contributed by atoms with E-state index in [2.05, 4.69) is 10.3 Å². The van der Waals surface area contributed by atoms with Gasteiger partial charge in [-0.1, -0.05) is 78.9 Å². The molecular weight excluding hydrogens is 604 g/mol. The van der Waals surface area contributed by atoms with Gasteiger partial charge in [0.25, 0.3) is 0 Å². The number of esters is 2. The van der Waals surface area contributed by atoms with Gasteiger partial charge in [0.15, 0.2) is 0 Å². The van der Waals surface area contributed by atoms with Crippen LogP contribution in [-0.4, -0.2) is 35.2 Å². The highest BCUT2D eigenvalue weighted by atomic mass is 16.7. The normalized spacial score (nSPS) is 11.3. The minimum absolute atomic E-state index is 0.00614. The predicted octanol–water partition coefficient (Wildman–Crippen LogP) is 6.39. The van der Waals surface area contributed by atoms with Crippen molar-refractivity contribution in [2.24, 2.45) is 0 Å². The number of hydrogen-bond donors (Lipinski definition) is 2. The van der Waals surface area contributed by atoms with Crippen LogP contribution in [0, 0.1) is 0 Å². The fourth-order valence-corrected chi connectivity index (χ4v) is 4.63. The standard InChI is InChI=1S/C36H32N2O9/c1-24(39)43-23-27-14-8-9-15-33(27)47-34(40)32(38-35(41)44-21-25-10-4-2-5-11-25)18-28-20-37-31-17-16-29(19-30(28)31)46-36(42)45-22-26-12-6-3-7-13-26/h2-17,19-20,32,37H,18,21-23H2,1H3,(H,38,41)/t32-/m0/s1. The Morgan fingerprint density at radius 2 is 1.36 bits per heavy atom. The molecule has 0 saturated carbocycles. The summed E-state index contributed by atoms with van der Waals surface area (Å²) in [6.07, 6.45) is -0.0162. The number of H-pyrrole nitrogens is 1. The van der Waals surface area contributed by atoms with E-state index in [1.54, 1.807) is 48.7 Å². The van der Waals surface area contributed by atoms with Crippen LogP contribution < -0.4 is 14.8 Å². The van der Waals surface area contributed by atoms with E-state index < -0.39 is 30.2 Å². The molecule has 0 unspecified atom stereocenters. The van der Waals surface area contributed by atoms with Gasteiger partial charge in [-0.15, -0.1) is 0 Å². The second-order valence-electron chi connectivity index (χ2n) is 10.4. The van der Waals surface area contributed by atoms with Gasteiger partial charge in [-0.25, -0.2) is 14.4 Å². The van der Waals surface area contributed by atoms with Crippen molar-refractivity contribution < 1.29 is 42.9 Å². The number of aromatic amines is 1. The number of ether oxygens (including phenoxy) is 5. The Labute approximate surface area is 270 Å². The molecule has 11 heteroatoms. The molecule has 47 heavy (non-hydrogen) atoms. The molecule has 0 bridgehead atoms. The average Bonchev–Trinajstić information content (AvgIpc) is 3.48. The zero-order chi connectivity index (χ0) is 33.0. The van der Waals surface area contributed by atoms with Gasteiger partial charge in [0, 0.05) is 36.0 Å². The van der Waals surface area contributed by atoms with Crippen LogP contribution in [0.5, 0.6) is 11.5 Å². The van der Waals surface area contributed by atoms with Crippen LogP contribution in [-0.2, 0) is 50.0 Å². The predicted molar refractivity (Wildman–Crippen MR) is 170 cm³/mol. The molecular formula is C36H32N2O9. The molecule has 5 rings (SSSR count). The molecule has 4 aromatic carbocycles. The van der Waals surface area contributed by atoms with Gasteiger partial charge in [0.1, 0.15) is 37.4 Å². The third-order valence-electron chi connectivity index (χ3n) is 6.97. The topological polar surface area (TPSA) is 142 Å². The Bertz CT molecular complexity index is 1840. The first-order valence-electron chi connectivity index (χ1n) is 14.7. The summed E-state index contributed by atoms with van der Waals surface area (Å²) in [6.45, 7) is 1.22. The van der Waals surface area contributed by atoms with Crippen LogP contribution >= 0.6 is 0 Å². The summed E-state index contributed by atoms with van der Waals surface area (Å²) in [4.78, 5) is 53.3. The summed E-state index contributed by atoms with van der Waals surface area (Å²) in [5.74, 6) is -0.862. The molecule has 1 amide bonds. The first kappa shape index (κ1) is 32.3. The van der Waals surface area contributed by atoms with Gasteiger partial charge in [0.2, 0.25) is 0 Å². The Morgan fingerprint density at radius 3 is 2.06 bits per heavy atom. The van der Waals surface area contributed by atoms with Gasteiger partial charge in [0.05, 0.1) is 0 Å². The molecule has 2 N–H and O–H groups in total. The zero-order valence-corrected chi connectivity index (χ0v) is 25.5. The maximum atomic E-state index is 13.6. The van der Waals surface area contributed by atoms with Gasteiger partial charge in [-0.2, -0.15) is 0 Å². The Balaban J connectivity index is 1.32. The molecule has 0 aliphatic rings. The summed E-state index contributed by atoms with van der Waals surface area (Å²) < 4.78 is 26.8. The maximum Gasteiger partial charge on any atom is 0.514 e. The third-order valence-corrected chi connectivity index (χ3v) is 6.97. The van der Waals surface area contributed by atoms with Crippen molar-refractivity contribution >= 4 is 35.1 Å². The molecule has 1 atom stereocenters. The molecule has 1 aromatic heterocycles. The molecule has 0 aliphatic heterocycles. The fraction of sp³-hybridized carbons (Fsp3) is 0.167. The lowest BCUT2D eigenvalue weighted by Crippen LogP contribution is -2.44. The van der Waals surface area contributed by atoms with E-state index >= 15 is 0 Å². The van der Waals surface area contributed by atoms with Crippen LogP contribution in [0.1, 0.15) is 29.2 Å². The number of para-hydroxylation sites is 1. The number of fused-ring (bicyclic) bond motifs is 1. The second kappa shape index (κ2) is 15.8. The lowest BCUT2D eigenvalue weighted by Gasteiger charge is -2.18. The van der Waals surface area contributed by atoms with Crippen molar-refractivity contribution in [1.82, 2.24) is 10.3 Å². The minimum Gasteiger partial charge on any atom is -0.461 e. The molecule has 0 aliphatic carbocycles. The van der Waals surface area contributed by atoms with Crippen LogP contribution in [0.2, 0.25) is 0 Å². The quantitative estimate of drug-likeness (QED) is 0.0689. The molecule has 0 spiro atoms. The SMILES string of the molecule is CC(=O)OCc1ccccc1OC(=O)[C@H](Cc1c[nH]c2ccc(OC(=O)OCc3ccccc3)cc12)NC(=O)OCc1ccccc1. The number of benzene rings is 4. The molecule has 0 saturated heterocycles. The van der Waals surface area contributed by atoms with E-state index in [1.165, 1.54) is 6.92 Å². The van der Waals surface area contributed by atoms with Crippen LogP contribution in [0.3, 0.4) is 0 Å². The number of nitrogens with one attached hydrogen (secondary N) is 2. The number of amides is 1. The van der Waals surface area contributed by atoms with Crippen molar-refractivity contribution in [3.05, 3.63) is 132 Å². The lowest BCUT2D eigenvalue weighted by atomic mass is 10.0. The maximum absolute atomic E-state index is 13.6. The van der Waals surface area contributed by atoms with E-state index in [9.17, 15) is 19.2 Å². The van der Waals surface area contributed by atoms with Crippen molar-refractivity contribution in [2.45, 2.75) is 39.2 Å². The van der Waals surface area contributed by atoms with Crippen LogP contribution in [0.15, 0.2) is 109 Å². The lowest BCUT2D eigenvalue weighted by molar-refractivity contribution is -0.142. The van der Waals surface area contributed by atoms with Gasteiger partial charge in [-0.05, 0) is 41.0 Å². The highest BCUT2D eigenvalue weighted by Crippen LogP contribution is 2.26. The van der Waals surface area contributed by atoms with Gasteiger partial charge < -0.3 is 34.0 Å². The second-order valence-corrected chi connectivity index (χ2v) is 10.4. The summed E-state index contributed by atoms with van der Waals surface area (Å²) >= 11 is 0.